The highest BCUT2D eigenvalue weighted by Crippen LogP contribution is 2.19. The molecule has 1 amide bonds. The second-order valence-electron chi connectivity index (χ2n) is 6.07. The molecule has 0 aromatic heterocycles. The molecule has 0 saturated heterocycles. The number of hydrogen-bond acceptors (Lipinski definition) is 3. The van der Waals surface area contributed by atoms with Gasteiger partial charge >= 0.3 is 0 Å². The van der Waals surface area contributed by atoms with Gasteiger partial charge in [0.25, 0.3) is 0 Å². The molecule has 0 bridgehead atoms. The summed E-state index contributed by atoms with van der Waals surface area (Å²) in [7, 11) is 1.71. The van der Waals surface area contributed by atoms with Crippen molar-refractivity contribution in [3.63, 3.8) is 0 Å². The predicted molar refractivity (Wildman–Crippen MR) is 80.0 cm³/mol. The van der Waals surface area contributed by atoms with Gasteiger partial charge in [0.1, 0.15) is 0 Å². The van der Waals surface area contributed by atoms with Crippen molar-refractivity contribution in [2.75, 3.05) is 26.8 Å². The summed E-state index contributed by atoms with van der Waals surface area (Å²) in [4.78, 5) is 11.8. The fourth-order valence-corrected chi connectivity index (χ4v) is 2.02. The standard InChI is InChI=1S/C15H32N2O2/c1-5-13(8-10-16)6-7-14(18)17-12-15(2,3)9-11-19-4/h13H,5-12,16H2,1-4H3,(H,17,18). The molecule has 0 aliphatic carbocycles. The third kappa shape index (κ3) is 9.91. The molecule has 0 rings (SSSR count). The molecule has 1 unspecified atom stereocenters. The molecule has 4 heteroatoms. The summed E-state index contributed by atoms with van der Waals surface area (Å²) in [5.41, 5.74) is 5.65. The van der Waals surface area contributed by atoms with Crippen molar-refractivity contribution in [1.29, 1.82) is 0 Å². The molecule has 1 atom stereocenters. The second-order valence-corrected chi connectivity index (χ2v) is 6.07. The Morgan fingerprint density at radius 2 is 2.05 bits per heavy atom. The van der Waals surface area contributed by atoms with E-state index in [0.717, 1.165) is 32.3 Å². The topological polar surface area (TPSA) is 64.4 Å². The van der Waals surface area contributed by atoms with E-state index in [2.05, 4.69) is 26.1 Å². The Hall–Kier alpha value is -0.610. The number of amides is 1. The summed E-state index contributed by atoms with van der Waals surface area (Å²) in [6, 6.07) is 0. The van der Waals surface area contributed by atoms with Crippen LogP contribution in [0, 0.1) is 11.3 Å². The van der Waals surface area contributed by atoms with Crippen molar-refractivity contribution in [1.82, 2.24) is 5.32 Å². The molecule has 0 aromatic carbocycles. The van der Waals surface area contributed by atoms with Crippen LogP contribution in [0.4, 0.5) is 0 Å². The lowest BCUT2D eigenvalue weighted by Crippen LogP contribution is -2.34. The average molecular weight is 272 g/mol. The van der Waals surface area contributed by atoms with Crippen LogP contribution in [0.1, 0.15) is 52.9 Å². The van der Waals surface area contributed by atoms with E-state index >= 15 is 0 Å². The van der Waals surface area contributed by atoms with E-state index < -0.39 is 0 Å². The Labute approximate surface area is 118 Å². The Morgan fingerprint density at radius 3 is 2.58 bits per heavy atom. The first kappa shape index (κ1) is 18.4. The van der Waals surface area contributed by atoms with Crippen molar-refractivity contribution < 1.29 is 9.53 Å². The minimum absolute atomic E-state index is 0.0904. The predicted octanol–water partition coefficient (Wildman–Crippen LogP) is 2.32. The fourth-order valence-electron chi connectivity index (χ4n) is 2.02. The first-order chi connectivity index (χ1) is 8.95. The van der Waals surface area contributed by atoms with Crippen molar-refractivity contribution in [2.24, 2.45) is 17.1 Å². The molecule has 0 spiro atoms. The van der Waals surface area contributed by atoms with Crippen LogP contribution in [0.25, 0.3) is 0 Å². The highest BCUT2D eigenvalue weighted by molar-refractivity contribution is 5.75. The molecule has 4 nitrogen and oxygen atoms in total. The lowest BCUT2D eigenvalue weighted by atomic mass is 9.89. The van der Waals surface area contributed by atoms with Gasteiger partial charge in [-0.15, -0.1) is 0 Å². The summed E-state index contributed by atoms with van der Waals surface area (Å²) in [6.45, 7) is 8.61. The fraction of sp³-hybridized carbons (Fsp3) is 0.933. The zero-order valence-corrected chi connectivity index (χ0v) is 13.1. The summed E-state index contributed by atoms with van der Waals surface area (Å²) >= 11 is 0. The van der Waals surface area contributed by atoms with E-state index in [4.69, 9.17) is 10.5 Å². The number of hydrogen-bond donors (Lipinski definition) is 2. The van der Waals surface area contributed by atoms with Crippen LogP contribution in [0.15, 0.2) is 0 Å². The van der Waals surface area contributed by atoms with Crippen LogP contribution in [0.3, 0.4) is 0 Å². The molecule has 0 aliphatic rings. The first-order valence-electron chi connectivity index (χ1n) is 7.41. The minimum atomic E-state index is 0.0904. The number of rotatable bonds is 11. The molecule has 19 heavy (non-hydrogen) atoms. The molecule has 0 heterocycles. The lowest BCUT2D eigenvalue weighted by molar-refractivity contribution is -0.121. The molecule has 0 fully saturated rings. The maximum Gasteiger partial charge on any atom is 0.220 e. The maximum absolute atomic E-state index is 11.8. The van der Waals surface area contributed by atoms with Gasteiger partial charge in [0.2, 0.25) is 5.91 Å². The van der Waals surface area contributed by atoms with Crippen LogP contribution in [0.2, 0.25) is 0 Å². The van der Waals surface area contributed by atoms with Gasteiger partial charge in [-0.3, -0.25) is 4.79 Å². The summed E-state index contributed by atoms with van der Waals surface area (Å²) in [5, 5.41) is 3.03. The van der Waals surface area contributed by atoms with E-state index in [9.17, 15) is 4.79 Å². The van der Waals surface area contributed by atoms with Crippen LogP contribution >= 0.6 is 0 Å². The lowest BCUT2D eigenvalue weighted by Gasteiger charge is -2.24. The summed E-state index contributed by atoms with van der Waals surface area (Å²) in [6.07, 6.45) is 4.62. The zero-order chi connectivity index (χ0) is 14.7. The van der Waals surface area contributed by atoms with Crippen LogP contribution in [0.5, 0.6) is 0 Å². The quantitative estimate of drug-likeness (QED) is 0.606. The number of nitrogens with two attached hydrogens (primary N) is 1. The van der Waals surface area contributed by atoms with Gasteiger partial charge in [0, 0.05) is 26.7 Å². The molecule has 0 radical (unpaired) electrons. The molecule has 3 N–H and O–H groups in total. The van der Waals surface area contributed by atoms with Gasteiger partial charge in [-0.1, -0.05) is 27.2 Å². The molecule has 0 aliphatic heterocycles. The largest absolute Gasteiger partial charge is 0.385 e. The number of carbonyl (C=O) groups excluding carboxylic acids is 1. The Balaban J connectivity index is 3.85. The van der Waals surface area contributed by atoms with E-state index in [1.165, 1.54) is 0 Å². The van der Waals surface area contributed by atoms with E-state index in [0.29, 0.717) is 25.4 Å². The molecular formula is C15H32N2O2. The SMILES string of the molecule is CCC(CCN)CCC(=O)NCC(C)(C)CCOC. The monoisotopic (exact) mass is 272 g/mol. The number of methoxy groups -OCH3 is 1. The van der Waals surface area contributed by atoms with Gasteiger partial charge in [0.05, 0.1) is 0 Å². The highest BCUT2D eigenvalue weighted by atomic mass is 16.5. The van der Waals surface area contributed by atoms with Gasteiger partial charge < -0.3 is 15.8 Å². The normalized spacial score (nSPS) is 13.3. The first-order valence-corrected chi connectivity index (χ1v) is 7.41. The van der Waals surface area contributed by atoms with Gasteiger partial charge in [-0.05, 0) is 37.1 Å². The highest BCUT2D eigenvalue weighted by Gasteiger charge is 2.18. The minimum Gasteiger partial charge on any atom is -0.385 e. The molecule has 0 aromatic rings. The smallest absolute Gasteiger partial charge is 0.220 e. The molecule has 0 saturated carbocycles. The average Bonchev–Trinajstić information content (AvgIpc) is 2.39. The van der Waals surface area contributed by atoms with Crippen LogP contribution < -0.4 is 11.1 Å². The van der Waals surface area contributed by atoms with Gasteiger partial charge in [-0.2, -0.15) is 0 Å². The van der Waals surface area contributed by atoms with Crippen molar-refractivity contribution in [2.45, 2.75) is 52.9 Å². The third-order valence-corrected chi connectivity index (χ3v) is 3.68. The number of carbonyl (C=O) groups is 1. The van der Waals surface area contributed by atoms with E-state index in [-0.39, 0.29) is 11.3 Å². The third-order valence-electron chi connectivity index (χ3n) is 3.68. The number of nitrogens with one attached hydrogen (secondary N) is 1. The van der Waals surface area contributed by atoms with Gasteiger partial charge in [-0.25, -0.2) is 0 Å². The van der Waals surface area contributed by atoms with Crippen molar-refractivity contribution >= 4 is 5.91 Å². The molecule has 114 valence electrons. The van der Waals surface area contributed by atoms with E-state index in [1.807, 2.05) is 0 Å². The van der Waals surface area contributed by atoms with Crippen LogP contribution in [-0.4, -0.2) is 32.7 Å². The Morgan fingerprint density at radius 1 is 1.37 bits per heavy atom. The number of ether oxygens (including phenoxy) is 1. The van der Waals surface area contributed by atoms with Crippen molar-refractivity contribution in [3.8, 4) is 0 Å². The maximum atomic E-state index is 11.8. The van der Waals surface area contributed by atoms with Gasteiger partial charge in [0.15, 0.2) is 0 Å². The second kappa shape index (κ2) is 10.2. The summed E-state index contributed by atoms with van der Waals surface area (Å²) in [5.74, 6) is 0.734. The summed E-state index contributed by atoms with van der Waals surface area (Å²) < 4.78 is 5.08. The Kier molecular flexibility index (Phi) is 9.88. The van der Waals surface area contributed by atoms with Crippen molar-refractivity contribution in [3.05, 3.63) is 0 Å². The molecular weight excluding hydrogens is 240 g/mol. The zero-order valence-electron chi connectivity index (χ0n) is 13.1. The van der Waals surface area contributed by atoms with Crippen LogP contribution in [-0.2, 0) is 9.53 Å². The Bertz CT molecular complexity index is 242. The van der Waals surface area contributed by atoms with E-state index in [1.54, 1.807) is 7.11 Å².